The van der Waals surface area contributed by atoms with Crippen LogP contribution in [-0.2, 0) is 29.1 Å². The van der Waals surface area contributed by atoms with E-state index >= 15 is 0 Å². The maximum atomic E-state index is 12.9. The van der Waals surface area contributed by atoms with Gasteiger partial charge in [-0.15, -0.1) is 0 Å². The van der Waals surface area contributed by atoms with Gasteiger partial charge in [0.25, 0.3) is 15.9 Å². The minimum atomic E-state index is -4.66. The van der Waals surface area contributed by atoms with E-state index in [-0.39, 0.29) is 18.7 Å². The first-order chi connectivity index (χ1) is 12.9. The Balaban J connectivity index is 2.59. The van der Waals surface area contributed by atoms with E-state index in [0.29, 0.717) is 0 Å². The summed E-state index contributed by atoms with van der Waals surface area (Å²) in [5, 5.41) is 0. The summed E-state index contributed by atoms with van der Waals surface area (Å²) in [6.07, 6.45) is -1.36. The van der Waals surface area contributed by atoms with Crippen molar-refractivity contribution in [3.05, 3.63) is 23.8 Å². The number of carbonyl (C=O) groups is 4. The topological polar surface area (TPSA) is 136 Å². The first kappa shape index (κ1) is 21.4. The summed E-state index contributed by atoms with van der Waals surface area (Å²) in [7, 11) is -3.60. The molecule has 1 N–H and O–H groups in total. The van der Waals surface area contributed by atoms with Gasteiger partial charge in [0.2, 0.25) is 5.78 Å². The number of carbonyl (C=O) groups excluding carboxylic acids is 4. The van der Waals surface area contributed by atoms with Crippen LogP contribution in [0.1, 0.15) is 37.6 Å². The predicted octanol–water partition coefficient (Wildman–Crippen LogP) is 0.992. The minimum Gasteiger partial charge on any atom is -0.465 e. The Hall–Kier alpha value is -2.95. The molecule has 0 bridgehead atoms. The number of hydrogen-bond acceptors (Lipinski definition) is 8. The Labute approximate surface area is 161 Å². The number of nitrogens with zero attached hydrogens (tertiary/aromatic N) is 1. The second-order valence-corrected chi connectivity index (χ2v) is 8.50. The number of amides is 2. The second-order valence-electron chi connectivity index (χ2n) is 6.88. The van der Waals surface area contributed by atoms with Crippen LogP contribution in [-0.4, -0.2) is 51.4 Å². The fourth-order valence-electron chi connectivity index (χ4n) is 2.55. The van der Waals surface area contributed by atoms with Crippen molar-refractivity contribution in [3.8, 4) is 0 Å². The highest BCUT2D eigenvalue weighted by Crippen LogP contribution is 2.31. The van der Waals surface area contributed by atoms with Gasteiger partial charge in [-0.25, -0.2) is 22.7 Å². The highest BCUT2D eigenvalue weighted by molar-refractivity contribution is 7.90. The van der Waals surface area contributed by atoms with Gasteiger partial charge >= 0.3 is 12.1 Å². The van der Waals surface area contributed by atoms with Crippen molar-refractivity contribution >= 4 is 39.5 Å². The summed E-state index contributed by atoms with van der Waals surface area (Å²) < 4.78 is 37.1. The quantitative estimate of drug-likeness (QED) is 0.571. The Bertz CT molecular complexity index is 946. The summed E-state index contributed by atoms with van der Waals surface area (Å²) in [5.41, 5.74) is -1.58. The van der Waals surface area contributed by atoms with Crippen LogP contribution in [0.25, 0.3) is 0 Å². The zero-order valence-corrected chi connectivity index (χ0v) is 16.6. The molecule has 0 spiro atoms. The average Bonchev–Trinajstić information content (AvgIpc) is 2.90. The zero-order valence-electron chi connectivity index (χ0n) is 15.8. The van der Waals surface area contributed by atoms with E-state index in [2.05, 4.69) is 4.74 Å². The molecule has 152 valence electrons. The number of anilines is 1. The lowest BCUT2D eigenvalue weighted by Crippen LogP contribution is -2.38. The number of ether oxygens (including phenoxy) is 2. The molecular weight excluding hydrogens is 392 g/mol. The van der Waals surface area contributed by atoms with Crippen molar-refractivity contribution in [2.24, 2.45) is 0 Å². The molecule has 1 saturated heterocycles. The summed E-state index contributed by atoms with van der Waals surface area (Å²) in [5.74, 6) is -2.59. The van der Waals surface area contributed by atoms with E-state index in [1.807, 2.05) is 0 Å². The predicted molar refractivity (Wildman–Crippen MR) is 96.3 cm³/mol. The van der Waals surface area contributed by atoms with Gasteiger partial charge in [0.15, 0.2) is 0 Å². The molecule has 0 radical (unpaired) electrons. The standard InChI is InChI=1S/C17H20N2O8S/c1-17(2,3)27-16(23)18-28(24,25)13-10(15(22)26-4)6-5-7-11(13)19-9-8-12(20)14(19)21/h5-7H,8-9H2,1-4H3,(H,18,23). The Morgan fingerprint density at radius 3 is 2.32 bits per heavy atom. The molecule has 2 rings (SSSR count). The van der Waals surface area contributed by atoms with Crippen molar-refractivity contribution in [2.75, 3.05) is 18.6 Å². The van der Waals surface area contributed by atoms with Crippen LogP contribution in [0.4, 0.5) is 10.5 Å². The summed E-state index contributed by atoms with van der Waals surface area (Å²) >= 11 is 0. The molecular formula is C17H20N2O8S. The summed E-state index contributed by atoms with van der Waals surface area (Å²) in [4.78, 5) is 48.1. The number of methoxy groups -OCH3 is 1. The zero-order chi connectivity index (χ0) is 21.3. The minimum absolute atomic E-state index is 0.0583. The molecule has 1 aliphatic rings. The van der Waals surface area contributed by atoms with Gasteiger partial charge in [0.1, 0.15) is 10.5 Å². The monoisotopic (exact) mass is 412 g/mol. The fraction of sp³-hybridized carbons (Fsp3) is 0.412. The van der Waals surface area contributed by atoms with Gasteiger partial charge in [-0.1, -0.05) is 6.07 Å². The molecule has 28 heavy (non-hydrogen) atoms. The van der Waals surface area contributed by atoms with Crippen molar-refractivity contribution in [1.29, 1.82) is 0 Å². The van der Waals surface area contributed by atoms with Crippen LogP contribution in [0.15, 0.2) is 23.1 Å². The number of nitrogens with one attached hydrogen (secondary N) is 1. The number of sulfonamides is 1. The highest BCUT2D eigenvalue weighted by atomic mass is 32.2. The largest absolute Gasteiger partial charge is 0.465 e. The summed E-state index contributed by atoms with van der Waals surface area (Å²) in [6.45, 7) is 4.57. The van der Waals surface area contributed by atoms with Crippen molar-refractivity contribution in [1.82, 2.24) is 4.72 Å². The molecule has 0 atom stereocenters. The number of ketones is 1. The normalized spacial score (nSPS) is 14.8. The maximum Gasteiger partial charge on any atom is 0.421 e. The van der Waals surface area contributed by atoms with Crippen LogP contribution in [0.2, 0.25) is 0 Å². The van der Waals surface area contributed by atoms with E-state index in [1.165, 1.54) is 18.2 Å². The van der Waals surface area contributed by atoms with Crippen LogP contribution >= 0.6 is 0 Å². The molecule has 0 saturated carbocycles. The van der Waals surface area contributed by atoms with Crippen LogP contribution in [0, 0.1) is 0 Å². The molecule has 11 heteroatoms. The lowest BCUT2D eigenvalue weighted by Gasteiger charge is -2.22. The second kappa shape index (κ2) is 7.58. The molecule has 1 aromatic carbocycles. The Morgan fingerprint density at radius 2 is 1.82 bits per heavy atom. The van der Waals surface area contributed by atoms with Crippen LogP contribution in [0.5, 0.6) is 0 Å². The first-order valence-corrected chi connectivity index (χ1v) is 9.67. The Morgan fingerprint density at radius 1 is 1.18 bits per heavy atom. The SMILES string of the molecule is COC(=O)c1cccc(N2CCC(=O)C2=O)c1S(=O)(=O)NC(=O)OC(C)(C)C. The van der Waals surface area contributed by atoms with E-state index in [4.69, 9.17) is 4.74 Å². The third-order valence-corrected chi connectivity index (χ3v) is 5.02. The molecule has 2 amide bonds. The number of rotatable bonds is 4. The molecule has 1 aliphatic heterocycles. The van der Waals surface area contributed by atoms with Crippen molar-refractivity contribution < 1.29 is 37.1 Å². The van der Waals surface area contributed by atoms with Gasteiger partial charge in [0, 0.05) is 13.0 Å². The molecule has 0 unspecified atom stereocenters. The molecule has 0 aromatic heterocycles. The van der Waals surface area contributed by atoms with Gasteiger partial charge in [-0.05, 0) is 32.9 Å². The van der Waals surface area contributed by atoms with E-state index in [9.17, 15) is 27.6 Å². The van der Waals surface area contributed by atoms with Gasteiger partial charge in [-0.3, -0.25) is 9.59 Å². The number of Topliss-reactive ketones (excluding diaryl/α,β-unsaturated/α-hetero) is 1. The van der Waals surface area contributed by atoms with Gasteiger partial charge < -0.3 is 14.4 Å². The third-order valence-electron chi connectivity index (χ3n) is 3.62. The fourth-order valence-corrected chi connectivity index (χ4v) is 3.81. The lowest BCUT2D eigenvalue weighted by atomic mass is 10.2. The van der Waals surface area contributed by atoms with E-state index in [0.717, 1.165) is 12.0 Å². The van der Waals surface area contributed by atoms with Crippen LogP contribution in [0.3, 0.4) is 0 Å². The molecule has 0 aliphatic carbocycles. The number of hydrogen-bond donors (Lipinski definition) is 1. The third kappa shape index (κ3) is 4.47. The molecule has 1 aromatic rings. The molecule has 1 heterocycles. The number of benzene rings is 1. The maximum absolute atomic E-state index is 12.9. The van der Waals surface area contributed by atoms with Crippen molar-refractivity contribution in [3.63, 3.8) is 0 Å². The molecule has 10 nitrogen and oxygen atoms in total. The average molecular weight is 412 g/mol. The Kier molecular flexibility index (Phi) is 5.78. The number of esters is 1. The molecule has 1 fully saturated rings. The van der Waals surface area contributed by atoms with Gasteiger partial charge in [-0.2, -0.15) is 0 Å². The first-order valence-electron chi connectivity index (χ1n) is 8.19. The van der Waals surface area contributed by atoms with Gasteiger partial charge in [0.05, 0.1) is 18.4 Å². The summed E-state index contributed by atoms with van der Waals surface area (Å²) in [6, 6.07) is 3.76. The van der Waals surface area contributed by atoms with E-state index < -0.39 is 49.8 Å². The van der Waals surface area contributed by atoms with Crippen molar-refractivity contribution in [2.45, 2.75) is 37.7 Å². The van der Waals surface area contributed by atoms with Crippen LogP contribution < -0.4 is 9.62 Å². The smallest absolute Gasteiger partial charge is 0.421 e. The van der Waals surface area contributed by atoms with E-state index in [1.54, 1.807) is 25.5 Å². The lowest BCUT2D eigenvalue weighted by molar-refractivity contribution is -0.133. The highest BCUT2D eigenvalue weighted by Gasteiger charge is 2.37.